The molecule has 0 amide bonds. The number of aromatic nitrogens is 2. The maximum atomic E-state index is 13.7. The molecule has 31 heavy (non-hydrogen) atoms. The Morgan fingerprint density at radius 3 is 2.42 bits per heavy atom. The molecule has 178 valence electrons. The Bertz CT molecular complexity index is 1100. The number of hydrogen-bond acceptors (Lipinski definition) is 12. The number of rotatable bonds is 9. The van der Waals surface area contributed by atoms with E-state index in [0.717, 1.165) is 12.3 Å². The van der Waals surface area contributed by atoms with Crippen LogP contribution in [0.4, 0.5) is 10.2 Å². The molecule has 1 aromatic rings. The van der Waals surface area contributed by atoms with Gasteiger partial charge in [0.15, 0.2) is 11.8 Å². The van der Waals surface area contributed by atoms with Gasteiger partial charge in [0.25, 0.3) is 0 Å². The number of aliphatic hydroxyl groups excluding tert-OH is 1. The Hall–Kier alpha value is -1.10. The van der Waals surface area contributed by atoms with Crippen LogP contribution in [0.1, 0.15) is 8.97 Å². The fourth-order valence-electron chi connectivity index (χ4n) is 2.30. The lowest BCUT2D eigenvalue weighted by molar-refractivity contribution is -0.121. The van der Waals surface area contributed by atoms with E-state index in [4.69, 9.17) is 27.9 Å². The van der Waals surface area contributed by atoms with Crippen LogP contribution in [0.3, 0.4) is 0 Å². The second kappa shape index (κ2) is 9.03. The highest BCUT2D eigenvalue weighted by Gasteiger charge is 2.57. The normalized spacial score (nSPS) is 32.0. The smallest absolute Gasteiger partial charge is 0.387 e. The minimum absolute atomic E-state index is 0.293. The van der Waals surface area contributed by atoms with Crippen LogP contribution < -0.4 is 11.4 Å². The number of aliphatic hydroxyl groups is 2. The highest BCUT2D eigenvalue weighted by atomic mass is 31.3. The Morgan fingerprint density at radius 2 is 1.90 bits per heavy atom. The molecule has 8 N–H and O–H groups in total. The molecule has 2 heterocycles. The van der Waals surface area contributed by atoms with Crippen molar-refractivity contribution in [3.05, 3.63) is 22.7 Å². The van der Waals surface area contributed by atoms with Gasteiger partial charge in [0.2, 0.25) is 0 Å². The molecule has 0 saturated carbocycles. The number of nitrogen functional groups attached to an aromatic ring is 1. The molecule has 0 spiro atoms. The highest BCUT2D eigenvalue weighted by molar-refractivity contribution is 7.66. The predicted molar refractivity (Wildman–Crippen MR) is 93.6 cm³/mol. The minimum atomic E-state index is -6.08. The molecule has 21 heteroatoms. The summed E-state index contributed by atoms with van der Waals surface area (Å²) >= 11 is 0. The third-order valence-corrected chi connectivity index (χ3v) is 7.18. The predicted octanol–water partition coefficient (Wildman–Crippen LogP) is -1.87. The van der Waals surface area contributed by atoms with Gasteiger partial charge in [0.05, 0.1) is 9.30 Å². The fourth-order valence-corrected chi connectivity index (χ4v) is 5.18. The Kier molecular flexibility index (Phi) is 6.72. The zero-order valence-corrected chi connectivity index (χ0v) is 17.4. The largest absolute Gasteiger partial charge is 0.490 e. The van der Waals surface area contributed by atoms with Gasteiger partial charge in [-0.05, 0) is 6.07 Å². The minimum Gasteiger partial charge on any atom is -0.387 e. The summed E-state index contributed by atoms with van der Waals surface area (Å²) in [5.74, 6) is -0.293. The van der Waals surface area contributed by atoms with Crippen LogP contribution in [0.15, 0.2) is 17.1 Å². The summed E-state index contributed by atoms with van der Waals surface area (Å²) in [4.78, 5) is 50.9. The molecule has 1 saturated heterocycles. The fraction of sp³-hybridized carbons (Fsp3) is 0.600. The summed E-state index contributed by atoms with van der Waals surface area (Å²) in [6.45, 7) is -5.59. The molecule has 0 aliphatic carbocycles. The first kappa shape index (κ1) is 23.1. The number of anilines is 1. The van der Waals surface area contributed by atoms with Gasteiger partial charge in [-0.1, -0.05) is 0 Å². The van der Waals surface area contributed by atoms with E-state index < -0.39 is 66.4 Å². The summed E-state index contributed by atoms with van der Waals surface area (Å²) in [5, 5.41) is 20.7. The van der Waals surface area contributed by atoms with Crippen molar-refractivity contribution in [1.82, 2.24) is 9.55 Å². The van der Waals surface area contributed by atoms with Crippen molar-refractivity contribution >= 4 is 29.3 Å². The van der Waals surface area contributed by atoms with Gasteiger partial charge < -0.3 is 40.3 Å². The Labute approximate surface area is 174 Å². The summed E-state index contributed by atoms with van der Waals surface area (Å²) in [6.07, 6.45) is -6.48. The molecule has 2 rings (SSSR count). The number of nitrogens with two attached hydrogens (primary N) is 1. The van der Waals surface area contributed by atoms with E-state index >= 15 is 0 Å². The quantitative estimate of drug-likeness (QED) is 0.177. The second-order valence-electron chi connectivity index (χ2n) is 5.82. The van der Waals surface area contributed by atoms with Crippen molar-refractivity contribution in [2.45, 2.75) is 24.0 Å². The first-order valence-electron chi connectivity index (χ1n) is 8.54. The summed E-state index contributed by atoms with van der Waals surface area (Å²) in [6, 6.07) is 1.00. The lowest BCUT2D eigenvalue weighted by atomic mass is 9.95. The number of alkyl halides is 1. The van der Waals surface area contributed by atoms with Crippen LogP contribution in [-0.2, 0) is 31.6 Å². The molecule has 1 aliphatic heterocycles. The molecule has 17 nitrogen and oxygen atoms in total. The number of hydrogen-bond donors (Lipinski definition) is 7. The molecule has 3 unspecified atom stereocenters. The van der Waals surface area contributed by atoms with Gasteiger partial charge in [0, 0.05) is 6.20 Å². The van der Waals surface area contributed by atoms with Crippen molar-refractivity contribution in [3.8, 4) is 0 Å². The molecule has 1 fully saturated rings. The van der Waals surface area contributed by atoms with Crippen molar-refractivity contribution in [1.29, 1.82) is 0 Å². The van der Waals surface area contributed by atoms with Crippen LogP contribution in [0.25, 0.3) is 0 Å². The van der Waals surface area contributed by atoms with Crippen LogP contribution in [0.2, 0.25) is 0 Å². The van der Waals surface area contributed by atoms with Crippen molar-refractivity contribution < 1.29 is 68.5 Å². The van der Waals surface area contributed by atoms with Crippen LogP contribution in [0, 0.1) is 0 Å². The maximum Gasteiger partial charge on any atom is 0.490 e. The van der Waals surface area contributed by atoms with E-state index in [9.17, 15) is 38.0 Å². The van der Waals surface area contributed by atoms with Crippen LogP contribution >= 0.6 is 23.5 Å². The average molecular weight is 517 g/mol. The van der Waals surface area contributed by atoms with E-state index in [1.807, 2.05) is 0 Å². The van der Waals surface area contributed by atoms with Gasteiger partial charge in [0.1, 0.15) is 24.7 Å². The molecule has 0 radical (unpaired) electrons. The summed E-state index contributed by atoms with van der Waals surface area (Å²) in [5.41, 5.74) is 1.03. The van der Waals surface area contributed by atoms with E-state index in [2.05, 4.69) is 18.1 Å². The van der Waals surface area contributed by atoms with Gasteiger partial charge in [-0.3, -0.25) is 9.09 Å². The lowest BCUT2D eigenvalue weighted by Gasteiger charge is -2.28. The molecular formula is C10H17FN3O14P3. The average Bonchev–Trinajstić information content (AvgIpc) is 2.83. The number of halogens is 1. The molecule has 0 bridgehead atoms. The molecule has 1 aromatic heterocycles. The van der Waals surface area contributed by atoms with Crippen LogP contribution in [0.5, 0.6) is 0 Å². The molecule has 1 aliphatic rings. The standard InChI is InChI=1S/C10H17FN3O14P3/c11-4-10(17)7(15)5(26-8(10)14-2-1-6(12)13-9(14)16)3-25-30(21,22)28-31(23,24)27-29(18,19)20/h1-2,5,7-8,15,17H,3-4H2,(H,21,22)(H,23,24)(H2,12,13,16)(H2,18,19,20)/t5-,7+,8-,10?/m1/s1/i3D2. The topological polar surface area (TPSA) is 270 Å². The van der Waals surface area contributed by atoms with Gasteiger partial charge in [-0.25, -0.2) is 22.9 Å². The van der Waals surface area contributed by atoms with Crippen molar-refractivity contribution in [2.24, 2.45) is 0 Å². The number of ether oxygens (including phenoxy) is 1. The van der Waals surface area contributed by atoms with E-state index in [-0.39, 0.29) is 5.82 Å². The van der Waals surface area contributed by atoms with Crippen molar-refractivity contribution in [2.75, 3.05) is 19.0 Å². The second-order valence-corrected chi connectivity index (χ2v) is 10.2. The zero-order chi connectivity index (χ0) is 25.6. The zero-order valence-electron chi connectivity index (χ0n) is 16.7. The van der Waals surface area contributed by atoms with E-state index in [1.165, 1.54) is 0 Å². The summed E-state index contributed by atoms with van der Waals surface area (Å²) < 4.78 is 79.3. The third-order valence-electron chi connectivity index (χ3n) is 3.52. The van der Waals surface area contributed by atoms with Crippen molar-refractivity contribution in [3.63, 3.8) is 0 Å². The molecule has 6 atom stereocenters. The third kappa shape index (κ3) is 6.46. The number of phosphoric acid groups is 3. The number of phosphoric ester groups is 1. The summed E-state index contributed by atoms with van der Waals surface area (Å²) in [7, 11) is -17.8. The first-order valence-corrected chi connectivity index (χ1v) is 12.1. The highest BCUT2D eigenvalue weighted by Crippen LogP contribution is 2.66. The Balaban J connectivity index is 2.34. The lowest BCUT2D eigenvalue weighted by Crippen LogP contribution is -2.50. The SMILES string of the molecule is [2H]C([2H])(OP(=O)(O)OP(=O)(O)OP(=O)(O)O)[C@H]1O[C@@H](n2ccc(N)nc2=O)C(O)(CF)[C@H]1O. The first-order chi connectivity index (χ1) is 14.7. The van der Waals surface area contributed by atoms with Gasteiger partial charge >= 0.3 is 29.2 Å². The monoisotopic (exact) mass is 517 g/mol. The van der Waals surface area contributed by atoms with Gasteiger partial charge in [-0.2, -0.15) is 13.6 Å². The Morgan fingerprint density at radius 1 is 1.29 bits per heavy atom. The van der Waals surface area contributed by atoms with E-state index in [0.29, 0.717) is 4.57 Å². The number of nitrogens with zero attached hydrogens (tertiary/aromatic N) is 2. The molecular weight excluding hydrogens is 498 g/mol. The van der Waals surface area contributed by atoms with Gasteiger partial charge in [-0.15, -0.1) is 0 Å². The maximum absolute atomic E-state index is 13.7. The van der Waals surface area contributed by atoms with E-state index in [1.54, 1.807) is 0 Å². The molecule has 0 aromatic carbocycles. The van der Waals surface area contributed by atoms with Crippen LogP contribution in [-0.4, -0.2) is 70.4 Å².